The third kappa shape index (κ3) is 3.28. The Labute approximate surface area is 146 Å². The Bertz CT molecular complexity index is 729. The molecule has 0 spiro atoms. The van der Waals surface area contributed by atoms with E-state index in [1.54, 1.807) is 7.05 Å². The number of anilines is 1. The molecule has 1 aliphatic heterocycles. The van der Waals surface area contributed by atoms with E-state index in [-0.39, 0.29) is 29.4 Å². The van der Waals surface area contributed by atoms with E-state index >= 15 is 0 Å². The Morgan fingerprint density at radius 2 is 2.17 bits per heavy atom. The summed E-state index contributed by atoms with van der Waals surface area (Å²) in [7, 11) is 1.59. The number of benzene rings is 1. The van der Waals surface area contributed by atoms with Gasteiger partial charge in [0, 0.05) is 7.05 Å². The van der Waals surface area contributed by atoms with E-state index in [2.05, 4.69) is 10.2 Å². The quantitative estimate of drug-likeness (QED) is 0.814. The van der Waals surface area contributed by atoms with Crippen molar-refractivity contribution in [2.24, 2.45) is 0 Å². The van der Waals surface area contributed by atoms with E-state index in [0.29, 0.717) is 10.8 Å². The average Bonchev–Trinajstić information content (AvgIpc) is 3.12. The van der Waals surface area contributed by atoms with Crippen molar-refractivity contribution in [1.29, 1.82) is 0 Å². The highest BCUT2D eigenvalue weighted by molar-refractivity contribution is 7.15. The van der Waals surface area contributed by atoms with E-state index < -0.39 is 12.3 Å². The number of nitrogens with zero attached hydrogens (tertiary/aromatic N) is 4. The predicted octanol–water partition coefficient (Wildman–Crippen LogP) is 2.23. The number of hydrogen-bond donors (Lipinski definition) is 1. The maximum Gasteiger partial charge on any atom is 0.328 e. The summed E-state index contributed by atoms with van der Waals surface area (Å²) in [6, 6.07) is 5.17. The Kier molecular flexibility index (Phi) is 4.83. The lowest BCUT2D eigenvalue weighted by Gasteiger charge is -2.15. The molecule has 2 heterocycles. The summed E-state index contributed by atoms with van der Waals surface area (Å²) >= 11 is 7.04. The smallest absolute Gasteiger partial charge is 0.328 e. The number of aliphatic hydroxyl groups excluding tert-OH is 1. The van der Waals surface area contributed by atoms with Crippen LogP contribution in [0.1, 0.15) is 11.1 Å². The summed E-state index contributed by atoms with van der Waals surface area (Å²) in [4.78, 5) is 14.6. The van der Waals surface area contributed by atoms with Crippen LogP contribution in [0.5, 0.6) is 5.75 Å². The number of aliphatic hydroxyl groups is 1. The third-order valence-electron chi connectivity index (χ3n) is 3.41. The van der Waals surface area contributed by atoms with Gasteiger partial charge in [-0.25, -0.2) is 14.1 Å². The van der Waals surface area contributed by atoms with E-state index in [9.17, 15) is 14.3 Å². The van der Waals surface area contributed by atoms with Gasteiger partial charge in [-0.2, -0.15) is 0 Å². The number of β-amino-alcohol motifs (C(OH)–C–C–N with tert-alkyl or cyclic N) is 1. The lowest BCUT2D eigenvalue weighted by Crippen LogP contribution is -2.34. The first kappa shape index (κ1) is 16.9. The van der Waals surface area contributed by atoms with Gasteiger partial charge in [0.2, 0.25) is 5.13 Å². The molecule has 1 aliphatic rings. The van der Waals surface area contributed by atoms with Gasteiger partial charge >= 0.3 is 6.03 Å². The molecule has 128 valence electrons. The molecular weight excluding hydrogens is 359 g/mol. The summed E-state index contributed by atoms with van der Waals surface area (Å²) < 4.78 is 18.6. The van der Waals surface area contributed by atoms with Crippen molar-refractivity contribution in [1.82, 2.24) is 15.1 Å². The molecule has 1 aromatic heterocycles. The molecule has 1 N–H and O–H groups in total. The van der Waals surface area contributed by atoms with Crippen LogP contribution in [0.25, 0.3) is 0 Å². The molecule has 3 rings (SSSR count). The fourth-order valence-corrected chi connectivity index (χ4v) is 3.42. The number of halogens is 2. The molecule has 0 radical (unpaired) electrons. The largest absolute Gasteiger partial charge is 0.482 e. The number of urea groups is 1. The van der Waals surface area contributed by atoms with Crippen LogP contribution >= 0.6 is 22.9 Å². The molecular formula is C14H14ClFN4O3S. The summed E-state index contributed by atoms with van der Waals surface area (Å²) in [6.07, 6.45) is -1.58. The maximum absolute atomic E-state index is 12.9. The number of likely N-dealkylation sites (N-methyl/N-ethyl adjacent to an activating group) is 1. The molecule has 1 fully saturated rings. The Balaban J connectivity index is 1.78. The molecule has 0 bridgehead atoms. The van der Waals surface area contributed by atoms with Gasteiger partial charge in [0.05, 0.1) is 12.4 Å². The number of rotatable bonds is 5. The van der Waals surface area contributed by atoms with E-state index in [0.717, 1.165) is 11.3 Å². The molecule has 0 saturated carbocycles. The van der Waals surface area contributed by atoms with Crippen LogP contribution in [0.15, 0.2) is 24.3 Å². The monoisotopic (exact) mass is 372 g/mol. The Morgan fingerprint density at radius 1 is 1.46 bits per heavy atom. The normalized spacial score (nSPS) is 19.0. The molecule has 10 heteroatoms. The van der Waals surface area contributed by atoms with Crippen molar-refractivity contribution in [3.8, 4) is 5.75 Å². The van der Waals surface area contributed by atoms with Crippen molar-refractivity contribution in [2.45, 2.75) is 12.3 Å². The van der Waals surface area contributed by atoms with E-state index in [4.69, 9.17) is 16.3 Å². The fraction of sp³-hybridized carbons (Fsp3) is 0.357. The SMILES string of the molecule is CN1CC(O)N(c2nnc(C(CCl)Oc3ccc(F)cc3)s2)C1=O. The minimum absolute atomic E-state index is 0.0996. The van der Waals surface area contributed by atoms with Crippen LogP contribution in [-0.2, 0) is 0 Å². The average molecular weight is 373 g/mol. The molecule has 2 unspecified atom stereocenters. The first-order chi connectivity index (χ1) is 11.5. The highest BCUT2D eigenvalue weighted by Gasteiger charge is 2.37. The summed E-state index contributed by atoms with van der Waals surface area (Å²) in [5.41, 5.74) is 0. The zero-order valence-corrected chi connectivity index (χ0v) is 14.2. The number of aromatic nitrogens is 2. The van der Waals surface area contributed by atoms with Crippen molar-refractivity contribution < 1.29 is 19.0 Å². The van der Waals surface area contributed by atoms with Crippen molar-refractivity contribution in [2.75, 3.05) is 24.4 Å². The molecule has 1 aromatic carbocycles. The molecule has 1 saturated heterocycles. The van der Waals surface area contributed by atoms with Gasteiger partial charge in [-0.3, -0.25) is 0 Å². The number of alkyl halides is 1. The molecule has 2 amide bonds. The first-order valence-electron chi connectivity index (χ1n) is 7.03. The standard InChI is InChI=1S/C14H14ClFN4O3S/c1-19-7-11(21)20(14(19)22)13-18-17-12(24-13)10(6-15)23-9-4-2-8(16)3-5-9/h2-5,10-11,21H,6-7H2,1H3. The zero-order chi connectivity index (χ0) is 17.3. The van der Waals surface area contributed by atoms with E-state index in [1.807, 2.05) is 0 Å². The molecule has 2 aromatic rings. The van der Waals surface area contributed by atoms with Gasteiger partial charge in [0.25, 0.3) is 0 Å². The minimum atomic E-state index is -0.976. The highest BCUT2D eigenvalue weighted by atomic mass is 35.5. The Morgan fingerprint density at radius 3 is 2.75 bits per heavy atom. The topological polar surface area (TPSA) is 78.8 Å². The zero-order valence-electron chi connectivity index (χ0n) is 12.6. The van der Waals surface area contributed by atoms with Gasteiger partial charge in [0.15, 0.2) is 17.3 Å². The third-order valence-corrected chi connectivity index (χ3v) is 4.71. The molecule has 0 aliphatic carbocycles. The van der Waals surface area contributed by atoms with Crippen LogP contribution in [0.3, 0.4) is 0 Å². The second-order valence-electron chi connectivity index (χ2n) is 5.15. The lowest BCUT2D eigenvalue weighted by atomic mass is 10.3. The summed E-state index contributed by atoms with van der Waals surface area (Å²) in [5, 5.41) is 18.6. The number of ether oxygens (including phenoxy) is 1. The number of carbonyl (C=O) groups excluding carboxylic acids is 1. The lowest BCUT2D eigenvalue weighted by molar-refractivity contribution is 0.183. The number of hydrogen-bond acceptors (Lipinski definition) is 6. The number of carbonyl (C=O) groups is 1. The van der Waals surface area contributed by atoms with Crippen molar-refractivity contribution in [3.05, 3.63) is 35.1 Å². The van der Waals surface area contributed by atoms with Gasteiger partial charge < -0.3 is 14.7 Å². The van der Waals surface area contributed by atoms with E-state index in [1.165, 1.54) is 34.1 Å². The van der Waals surface area contributed by atoms with Crippen molar-refractivity contribution in [3.63, 3.8) is 0 Å². The van der Waals surface area contributed by atoms with Crippen LogP contribution < -0.4 is 9.64 Å². The summed E-state index contributed by atoms with van der Waals surface area (Å²) in [5.74, 6) is 0.173. The van der Waals surface area contributed by atoms with Gasteiger partial charge in [-0.05, 0) is 24.3 Å². The van der Waals surface area contributed by atoms with Crippen LogP contribution in [0.2, 0.25) is 0 Å². The van der Waals surface area contributed by atoms with Crippen LogP contribution in [0.4, 0.5) is 14.3 Å². The first-order valence-corrected chi connectivity index (χ1v) is 8.38. The van der Waals surface area contributed by atoms with Crippen molar-refractivity contribution >= 4 is 34.1 Å². The Hall–Kier alpha value is -1.97. The fourth-order valence-electron chi connectivity index (χ4n) is 2.20. The number of amides is 2. The minimum Gasteiger partial charge on any atom is -0.482 e. The second kappa shape index (κ2) is 6.88. The van der Waals surface area contributed by atoms with Crippen LogP contribution in [-0.4, -0.2) is 51.9 Å². The maximum atomic E-state index is 12.9. The summed E-state index contributed by atoms with van der Waals surface area (Å²) in [6.45, 7) is 0.193. The van der Waals surface area contributed by atoms with Gasteiger partial charge in [-0.15, -0.1) is 21.8 Å². The second-order valence-corrected chi connectivity index (χ2v) is 6.45. The molecule has 24 heavy (non-hydrogen) atoms. The predicted molar refractivity (Wildman–Crippen MR) is 86.9 cm³/mol. The van der Waals surface area contributed by atoms with Crippen LogP contribution in [0, 0.1) is 5.82 Å². The molecule has 7 nitrogen and oxygen atoms in total. The highest BCUT2D eigenvalue weighted by Crippen LogP contribution is 2.31. The van der Waals surface area contributed by atoms with Gasteiger partial charge in [-0.1, -0.05) is 11.3 Å². The molecule has 2 atom stereocenters. The van der Waals surface area contributed by atoms with Gasteiger partial charge in [0.1, 0.15) is 11.6 Å².